The van der Waals surface area contributed by atoms with E-state index in [1.54, 1.807) is 6.92 Å². The molecule has 0 saturated carbocycles. The lowest BCUT2D eigenvalue weighted by Gasteiger charge is -2.12. The molecule has 0 aromatic carbocycles. The van der Waals surface area contributed by atoms with Crippen molar-refractivity contribution in [3.05, 3.63) is 0 Å². The van der Waals surface area contributed by atoms with Gasteiger partial charge in [-0.1, -0.05) is 6.92 Å². The van der Waals surface area contributed by atoms with Crippen molar-refractivity contribution in [3.63, 3.8) is 0 Å². The summed E-state index contributed by atoms with van der Waals surface area (Å²) in [6.07, 6.45) is 0.977. The van der Waals surface area contributed by atoms with E-state index in [4.69, 9.17) is 9.05 Å². The molecule has 0 heterocycles. The molecule has 1 unspecified atom stereocenters. The van der Waals surface area contributed by atoms with E-state index in [0.717, 1.165) is 12.2 Å². The molecule has 0 N–H and O–H groups in total. The van der Waals surface area contributed by atoms with E-state index in [2.05, 4.69) is 0 Å². The summed E-state index contributed by atoms with van der Waals surface area (Å²) in [4.78, 5) is 0. The highest BCUT2D eigenvalue weighted by atomic mass is 32.7. The Bertz CT molecular complexity index is 140. The number of hydrogen-bond donors (Lipinski definition) is 0. The van der Waals surface area contributed by atoms with Crippen LogP contribution in [0.15, 0.2) is 0 Å². The molecule has 0 aliphatic heterocycles. The molecule has 0 saturated heterocycles. The minimum atomic E-state index is -2.80. The summed E-state index contributed by atoms with van der Waals surface area (Å²) in [7, 11) is 1.42. The third kappa shape index (κ3) is 4.86. The summed E-state index contributed by atoms with van der Waals surface area (Å²) in [6.45, 7) is 1.46. The van der Waals surface area contributed by atoms with Crippen LogP contribution in [0.2, 0.25) is 0 Å². The molecule has 5 heteroatoms. The van der Waals surface area contributed by atoms with E-state index >= 15 is 0 Å². The van der Waals surface area contributed by atoms with Crippen molar-refractivity contribution >= 4 is 18.2 Å². The van der Waals surface area contributed by atoms with Gasteiger partial charge in [-0.2, -0.15) is 0 Å². The summed E-state index contributed by atoms with van der Waals surface area (Å²) in [5.41, 5.74) is 0. The highest BCUT2D eigenvalue weighted by Crippen LogP contribution is 2.59. The van der Waals surface area contributed by atoms with Gasteiger partial charge in [-0.15, -0.1) is 0 Å². The summed E-state index contributed by atoms with van der Waals surface area (Å²) >= 11 is 1.26. The Morgan fingerprint density at radius 3 is 2.45 bits per heavy atom. The molecule has 0 aliphatic rings. The van der Waals surface area contributed by atoms with E-state index < -0.39 is 6.80 Å². The van der Waals surface area contributed by atoms with Crippen LogP contribution in [0.5, 0.6) is 0 Å². The van der Waals surface area contributed by atoms with E-state index in [9.17, 15) is 4.57 Å². The average molecular weight is 198 g/mol. The van der Waals surface area contributed by atoms with Crippen LogP contribution in [0.25, 0.3) is 0 Å². The van der Waals surface area contributed by atoms with Gasteiger partial charge in [0.15, 0.2) is 0 Å². The zero-order chi connectivity index (χ0) is 8.74. The van der Waals surface area contributed by atoms with Crippen molar-refractivity contribution in [2.45, 2.75) is 20.3 Å². The largest absolute Gasteiger partial charge is 0.388 e. The molecule has 68 valence electrons. The van der Waals surface area contributed by atoms with Gasteiger partial charge in [-0.25, -0.2) is 4.57 Å². The smallest absolute Gasteiger partial charge is 0.304 e. The predicted molar refractivity (Wildman–Crippen MR) is 49.0 cm³/mol. The lowest BCUT2D eigenvalue weighted by Crippen LogP contribution is -1.89. The van der Waals surface area contributed by atoms with Crippen LogP contribution in [0.3, 0.4) is 0 Å². The molecule has 0 fully saturated rings. The van der Waals surface area contributed by atoms with E-state index in [0.29, 0.717) is 6.61 Å². The van der Waals surface area contributed by atoms with Crippen molar-refractivity contribution in [2.24, 2.45) is 0 Å². The lowest BCUT2D eigenvalue weighted by atomic mass is 10.6. The SMILES string of the molecule is CCCSP(=O)(OC)OCC. The highest BCUT2D eigenvalue weighted by molar-refractivity contribution is 8.55. The zero-order valence-electron chi connectivity index (χ0n) is 7.20. The van der Waals surface area contributed by atoms with Gasteiger partial charge in [0.05, 0.1) is 6.61 Å². The van der Waals surface area contributed by atoms with Gasteiger partial charge in [0.1, 0.15) is 0 Å². The maximum atomic E-state index is 11.5. The van der Waals surface area contributed by atoms with Crippen LogP contribution < -0.4 is 0 Å². The monoisotopic (exact) mass is 198 g/mol. The Morgan fingerprint density at radius 2 is 2.09 bits per heavy atom. The van der Waals surface area contributed by atoms with Crippen molar-refractivity contribution in [3.8, 4) is 0 Å². The first kappa shape index (κ1) is 11.5. The van der Waals surface area contributed by atoms with Crippen LogP contribution in [-0.2, 0) is 13.6 Å². The summed E-state index contributed by atoms with van der Waals surface area (Å²) in [6, 6.07) is 0. The molecule has 1 atom stereocenters. The first-order chi connectivity index (χ1) is 5.18. The van der Waals surface area contributed by atoms with Gasteiger partial charge in [0.2, 0.25) is 0 Å². The van der Waals surface area contributed by atoms with Crippen LogP contribution >= 0.6 is 18.2 Å². The molecule has 0 aliphatic carbocycles. The molecular formula is C6H15O3PS. The second-order valence-corrected chi connectivity index (χ2v) is 6.18. The van der Waals surface area contributed by atoms with Gasteiger partial charge >= 0.3 is 6.80 Å². The van der Waals surface area contributed by atoms with Gasteiger partial charge in [0, 0.05) is 12.9 Å². The maximum Gasteiger partial charge on any atom is 0.388 e. The molecule has 0 spiro atoms. The zero-order valence-corrected chi connectivity index (χ0v) is 8.91. The summed E-state index contributed by atoms with van der Waals surface area (Å²) in [5.74, 6) is 0.811. The fourth-order valence-corrected chi connectivity index (χ4v) is 3.59. The van der Waals surface area contributed by atoms with Crippen LogP contribution in [0.1, 0.15) is 20.3 Å². The normalized spacial score (nSPS) is 16.3. The first-order valence-corrected chi connectivity index (χ1v) is 6.76. The number of rotatable bonds is 6. The molecule has 0 amide bonds. The molecule has 0 aromatic rings. The van der Waals surface area contributed by atoms with Crippen molar-refractivity contribution in [1.29, 1.82) is 0 Å². The molecule has 3 nitrogen and oxygen atoms in total. The van der Waals surface area contributed by atoms with Crippen molar-refractivity contribution < 1.29 is 13.6 Å². The van der Waals surface area contributed by atoms with E-state index in [-0.39, 0.29) is 0 Å². The summed E-state index contributed by atoms with van der Waals surface area (Å²) < 4.78 is 21.2. The van der Waals surface area contributed by atoms with Crippen molar-refractivity contribution in [2.75, 3.05) is 19.5 Å². The average Bonchev–Trinajstić information content (AvgIpc) is 2.02. The quantitative estimate of drug-likeness (QED) is 0.615. The predicted octanol–water partition coefficient (Wildman–Crippen LogP) is 2.92. The second kappa shape index (κ2) is 6.06. The van der Waals surface area contributed by atoms with Crippen molar-refractivity contribution in [1.82, 2.24) is 0 Å². The maximum absolute atomic E-state index is 11.5. The molecule has 0 aromatic heterocycles. The molecule has 0 radical (unpaired) electrons. The molecule has 0 bridgehead atoms. The minimum Gasteiger partial charge on any atom is -0.304 e. The third-order valence-corrected chi connectivity index (χ3v) is 5.15. The first-order valence-electron chi connectivity index (χ1n) is 3.63. The molecule has 0 rings (SSSR count). The molecular weight excluding hydrogens is 183 g/mol. The van der Waals surface area contributed by atoms with Gasteiger partial charge in [-0.3, -0.25) is 0 Å². The van der Waals surface area contributed by atoms with Gasteiger partial charge < -0.3 is 9.05 Å². The standard InChI is InChI=1S/C6H15O3PS/c1-4-6-11-10(7,8-3)9-5-2/h4-6H2,1-3H3. The topological polar surface area (TPSA) is 35.5 Å². The van der Waals surface area contributed by atoms with Crippen LogP contribution in [0.4, 0.5) is 0 Å². The Morgan fingerprint density at radius 1 is 1.45 bits per heavy atom. The second-order valence-electron chi connectivity index (χ2n) is 1.88. The molecule has 11 heavy (non-hydrogen) atoms. The minimum absolute atomic E-state index is 0.432. The van der Waals surface area contributed by atoms with E-state index in [1.807, 2.05) is 6.92 Å². The Labute approximate surface area is 72.1 Å². The highest BCUT2D eigenvalue weighted by Gasteiger charge is 2.21. The third-order valence-electron chi connectivity index (χ3n) is 0.964. The fraction of sp³-hybridized carbons (Fsp3) is 1.00. The fourth-order valence-electron chi connectivity index (χ4n) is 0.504. The van der Waals surface area contributed by atoms with Gasteiger partial charge in [0.25, 0.3) is 0 Å². The van der Waals surface area contributed by atoms with Crippen LogP contribution in [-0.4, -0.2) is 19.5 Å². The summed E-state index contributed by atoms with van der Waals surface area (Å²) in [5, 5.41) is 0. The number of hydrogen-bond acceptors (Lipinski definition) is 4. The van der Waals surface area contributed by atoms with Crippen LogP contribution in [0, 0.1) is 0 Å². The Kier molecular flexibility index (Phi) is 6.34. The Hall–Kier alpha value is 0.500. The lowest BCUT2D eigenvalue weighted by molar-refractivity contribution is 0.262. The van der Waals surface area contributed by atoms with Gasteiger partial charge in [-0.05, 0) is 24.7 Å². The van der Waals surface area contributed by atoms with E-state index in [1.165, 1.54) is 18.5 Å². The Balaban J connectivity index is 3.79.